The molecule has 2 fully saturated rings. The molecular formula is C18H27N5. The molecule has 4 rings (SSSR count). The van der Waals surface area contributed by atoms with E-state index in [0.29, 0.717) is 12.0 Å². The first-order chi connectivity index (χ1) is 11.4. The van der Waals surface area contributed by atoms with Gasteiger partial charge in [0.05, 0.1) is 0 Å². The van der Waals surface area contributed by atoms with Crippen LogP contribution in [0.4, 0.5) is 0 Å². The number of nitrogens with zero attached hydrogens (tertiary/aromatic N) is 4. The highest BCUT2D eigenvalue weighted by Crippen LogP contribution is 2.28. The SMILES string of the molecule is CCN1CCCC1Cn1c(C2CCCNC2)nc2cccnc21. The summed E-state index contributed by atoms with van der Waals surface area (Å²) in [5, 5.41) is 3.53. The number of rotatable bonds is 4. The third kappa shape index (κ3) is 2.88. The van der Waals surface area contributed by atoms with E-state index in [0.717, 1.165) is 37.3 Å². The van der Waals surface area contributed by atoms with Gasteiger partial charge in [0.25, 0.3) is 0 Å². The lowest BCUT2D eigenvalue weighted by Crippen LogP contribution is -2.35. The van der Waals surface area contributed by atoms with Gasteiger partial charge in [0, 0.05) is 31.2 Å². The van der Waals surface area contributed by atoms with E-state index >= 15 is 0 Å². The van der Waals surface area contributed by atoms with E-state index in [4.69, 9.17) is 4.98 Å². The minimum atomic E-state index is 0.523. The van der Waals surface area contributed by atoms with E-state index in [1.807, 2.05) is 12.3 Å². The zero-order chi connectivity index (χ0) is 15.6. The first-order valence-electron chi connectivity index (χ1n) is 9.12. The average Bonchev–Trinajstić information content (AvgIpc) is 3.21. The molecule has 2 aliphatic rings. The van der Waals surface area contributed by atoms with E-state index < -0.39 is 0 Å². The van der Waals surface area contributed by atoms with Gasteiger partial charge < -0.3 is 9.88 Å². The number of likely N-dealkylation sites (N-methyl/N-ethyl adjacent to an activating group) is 1. The summed E-state index contributed by atoms with van der Waals surface area (Å²) in [6.45, 7) is 7.88. The average molecular weight is 313 g/mol. The second kappa shape index (κ2) is 6.57. The molecule has 1 N–H and O–H groups in total. The maximum atomic E-state index is 4.97. The number of pyridine rings is 1. The second-order valence-electron chi connectivity index (χ2n) is 6.89. The summed E-state index contributed by atoms with van der Waals surface area (Å²) < 4.78 is 2.42. The van der Waals surface area contributed by atoms with E-state index in [2.05, 4.69) is 32.8 Å². The fourth-order valence-corrected chi connectivity index (χ4v) is 4.27. The highest BCUT2D eigenvalue weighted by Gasteiger charge is 2.28. The van der Waals surface area contributed by atoms with Crippen LogP contribution < -0.4 is 5.32 Å². The molecule has 2 aromatic rings. The summed E-state index contributed by atoms with van der Waals surface area (Å²) in [5.41, 5.74) is 2.12. The molecule has 0 amide bonds. The summed E-state index contributed by atoms with van der Waals surface area (Å²) in [6, 6.07) is 4.73. The van der Waals surface area contributed by atoms with Crippen molar-refractivity contribution in [2.45, 2.75) is 51.1 Å². The van der Waals surface area contributed by atoms with Crippen LogP contribution in [0.25, 0.3) is 11.2 Å². The molecule has 2 unspecified atom stereocenters. The van der Waals surface area contributed by atoms with E-state index in [1.54, 1.807) is 0 Å². The zero-order valence-electron chi connectivity index (χ0n) is 14.0. The Kier molecular flexibility index (Phi) is 4.31. The largest absolute Gasteiger partial charge is 0.316 e. The molecule has 5 heteroatoms. The Bertz CT molecular complexity index is 658. The number of imidazole rings is 1. The number of nitrogens with one attached hydrogen (secondary N) is 1. The minimum absolute atomic E-state index is 0.523. The maximum Gasteiger partial charge on any atom is 0.160 e. The van der Waals surface area contributed by atoms with Crippen molar-refractivity contribution in [2.24, 2.45) is 0 Å². The highest BCUT2D eigenvalue weighted by atomic mass is 15.2. The number of hydrogen-bond acceptors (Lipinski definition) is 4. The van der Waals surface area contributed by atoms with Crippen LogP contribution in [0.2, 0.25) is 0 Å². The fourth-order valence-electron chi connectivity index (χ4n) is 4.27. The summed E-state index contributed by atoms with van der Waals surface area (Å²) in [6.07, 6.45) is 6.99. The predicted octanol–water partition coefficient (Wildman–Crippen LogP) is 2.38. The van der Waals surface area contributed by atoms with Crippen LogP contribution in [0.3, 0.4) is 0 Å². The van der Waals surface area contributed by atoms with Gasteiger partial charge >= 0.3 is 0 Å². The molecule has 0 bridgehead atoms. The van der Waals surface area contributed by atoms with E-state index in [9.17, 15) is 0 Å². The Hall–Kier alpha value is -1.46. The van der Waals surface area contributed by atoms with Gasteiger partial charge in [-0.15, -0.1) is 0 Å². The van der Waals surface area contributed by atoms with Crippen molar-refractivity contribution in [1.82, 2.24) is 24.8 Å². The van der Waals surface area contributed by atoms with Crippen molar-refractivity contribution in [3.8, 4) is 0 Å². The Morgan fingerprint density at radius 1 is 1.30 bits per heavy atom. The molecular weight excluding hydrogens is 286 g/mol. The number of aromatic nitrogens is 3. The fraction of sp³-hybridized carbons (Fsp3) is 0.667. The van der Waals surface area contributed by atoms with Gasteiger partial charge in [-0.25, -0.2) is 9.97 Å². The Morgan fingerprint density at radius 3 is 3.09 bits per heavy atom. The number of piperidine rings is 1. The van der Waals surface area contributed by atoms with E-state index in [1.165, 1.54) is 38.1 Å². The standard InChI is InChI=1S/C18H27N5/c1-2-22-11-5-7-15(22)13-23-17(14-6-3-9-19-12-14)21-16-8-4-10-20-18(16)23/h4,8,10,14-15,19H,2-3,5-7,9,11-13H2,1H3. The maximum absolute atomic E-state index is 4.97. The van der Waals surface area contributed by atoms with Crippen LogP contribution in [0.1, 0.15) is 44.3 Å². The van der Waals surface area contributed by atoms with Crippen molar-refractivity contribution >= 4 is 11.2 Å². The molecule has 2 aliphatic heterocycles. The second-order valence-corrected chi connectivity index (χ2v) is 6.89. The monoisotopic (exact) mass is 313 g/mol. The number of likely N-dealkylation sites (tertiary alicyclic amines) is 1. The Labute approximate surface area is 138 Å². The van der Waals surface area contributed by atoms with Crippen LogP contribution >= 0.6 is 0 Å². The lowest BCUT2D eigenvalue weighted by atomic mass is 9.98. The molecule has 0 spiro atoms. The lowest BCUT2D eigenvalue weighted by Gasteiger charge is -2.27. The third-order valence-electron chi connectivity index (χ3n) is 5.49. The number of fused-ring (bicyclic) bond motifs is 1. The Balaban J connectivity index is 1.70. The van der Waals surface area contributed by atoms with Crippen LogP contribution in [0.5, 0.6) is 0 Å². The van der Waals surface area contributed by atoms with Crippen LogP contribution in [-0.2, 0) is 6.54 Å². The normalized spacial score (nSPS) is 26.1. The highest BCUT2D eigenvalue weighted by molar-refractivity contribution is 5.71. The third-order valence-corrected chi connectivity index (χ3v) is 5.49. The zero-order valence-corrected chi connectivity index (χ0v) is 14.0. The van der Waals surface area contributed by atoms with Crippen molar-refractivity contribution < 1.29 is 0 Å². The van der Waals surface area contributed by atoms with Crippen molar-refractivity contribution in [1.29, 1.82) is 0 Å². The lowest BCUT2D eigenvalue weighted by molar-refractivity contribution is 0.242. The van der Waals surface area contributed by atoms with Crippen molar-refractivity contribution in [3.63, 3.8) is 0 Å². The molecule has 2 atom stereocenters. The quantitative estimate of drug-likeness (QED) is 0.941. The Morgan fingerprint density at radius 2 is 2.26 bits per heavy atom. The molecule has 23 heavy (non-hydrogen) atoms. The van der Waals surface area contributed by atoms with Crippen LogP contribution in [0, 0.1) is 0 Å². The van der Waals surface area contributed by atoms with Gasteiger partial charge in [0.15, 0.2) is 5.65 Å². The first-order valence-corrected chi connectivity index (χ1v) is 9.12. The smallest absolute Gasteiger partial charge is 0.160 e. The molecule has 0 aliphatic carbocycles. The van der Waals surface area contributed by atoms with Gasteiger partial charge in [0.2, 0.25) is 0 Å². The summed E-state index contributed by atoms with van der Waals surface area (Å²) >= 11 is 0. The molecule has 0 saturated carbocycles. The molecule has 4 heterocycles. The summed E-state index contributed by atoms with van der Waals surface area (Å²) in [5.74, 6) is 1.77. The molecule has 5 nitrogen and oxygen atoms in total. The van der Waals surface area contributed by atoms with Crippen LogP contribution in [-0.4, -0.2) is 51.7 Å². The van der Waals surface area contributed by atoms with Gasteiger partial charge in [-0.3, -0.25) is 4.90 Å². The van der Waals surface area contributed by atoms with Gasteiger partial charge in [-0.1, -0.05) is 6.92 Å². The van der Waals surface area contributed by atoms with Crippen molar-refractivity contribution in [2.75, 3.05) is 26.2 Å². The predicted molar refractivity (Wildman–Crippen MR) is 92.6 cm³/mol. The summed E-state index contributed by atoms with van der Waals surface area (Å²) in [4.78, 5) is 12.2. The molecule has 2 saturated heterocycles. The summed E-state index contributed by atoms with van der Waals surface area (Å²) in [7, 11) is 0. The minimum Gasteiger partial charge on any atom is -0.316 e. The first kappa shape index (κ1) is 15.1. The van der Waals surface area contributed by atoms with E-state index in [-0.39, 0.29) is 0 Å². The van der Waals surface area contributed by atoms with Gasteiger partial charge in [0.1, 0.15) is 11.3 Å². The molecule has 0 radical (unpaired) electrons. The molecule has 2 aromatic heterocycles. The van der Waals surface area contributed by atoms with Gasteiger partial charge in [-0.2, -0.15) is 0 Å². The number of hydrogen-bond donors (Lipinski definition) is 1. The molecule has 0 aromatic carbocycles. The molecule has 124 valence electrons. The van der Waals surface area contributed by atoms with Gasteiger partial charge in [-0.05, 0) is 57.5 Å². The topological polar surface area (TPSA) is 46.0 Å². The van der Waals surface area contributed by atoms with Crippen molar-refractivity contribution in [3.05, 3.63) is 24.2 Å². The van der Waals surface area contributed by atoms with Crippen LogP contribution in [0.15, 0.2) is 18.3 Å².